The lowest BCUT2D eigenvalue weighted by Crippen LogP contribution is -2.35. The highest BCUT2D eigenvalue weighted by atomic mass is 35.5. The Balaban J connectivity index is 2.75. The van der Waals surface area contributed by atoms with Crippen LogP contribution in [0.2, 0.25) is 0 Å². The lowest BCUT2D eigenvalue weighted by Gasteiger charge is -2.15. The molecule has 18 heavy (non-hydrogen) atoms. The van der Waals surface area contributed by atoms with Crippen molar-refractivity contribution in [2.75, 3.05) is 6.61 Å². The van der Waals surface area contributed by atoms with Crippen molar-refractivity contribution in [3.05, 3.63) is 29.3 Å². The van der Waals surface area contributed by atoms with E-state index in [2.05, 4.69) is 5.32 Å². The van der Waals surface area contributed by atoms with Crippen molar-refractivity contribution in [2.24, 2.45) is 0 Å². The molecule has 1 atom stereocenters. The summed E-state index contributed by atoms with van der Waals surface area (Å²) in [5, 5.41) is 10.6. The van der Waals surface area contributed by atoms with Crippen LogP contribution in [0.1, 0.15) is 12.5 Å². The topological polar surface area (TPSA) is 58.6 Å². The van der Waals surface area contributed by atoms with Gasteiger partial charge in [-0.2, -0.15) is 0 Å². The molecule has 0 spiro atoms. The Labute approximate surface area is 108 Å². The van der Waals surface area contributed by atoms with E-state index in [1.165, 1.54) is 0 Å². The first-order chi connectivity index (χ1) is 8.43. The van der Waals surface area contributed by atoms with Crippen LogP contribution in [0.3, 0.4) is 0 Å². The highest BCUT2D eigenvalue weighted by Gasteiger charge is 2.14. The van der Waals surface area contributed by atoms with E-state index in [0.717, 1.165) is 6.07 Å². The van der Waals surface area contributed by atoms with Crippen LogP contribution >= 0.6 is 11.6 Å². The molecule has 0 aliphatic heterocycles. The van der Waals surface area contributed by atoms with E-state index in [9.17, 15) is 13.6 Å². The molecule has 0 heterocycles. The molecule has 1 aromatic carbocycles. The normalized spacial score (nSPS) is 12.0. The van der Waals surface area contributed by atoms with Crippen LogP contribution in [-0.2, 0) is 5.88 Å². The average molecular weight is 280 g/mol. The monoisotopic (exact) mass is 279 g/mol. The van der Waals surface area contributed by atoms with E-state index in [-0.39, 0.29) is 23.8 Å². The first-order valence-corrected chi connectivity index (χ1v) is 5.63. The number of alkyl halides is 1. The zero-order valence-electron chi connectivity index (χ0n) is 9.54. The third-order valence-electron chi connectivity index (χ3n) is 2.08. The Morgan fingerprint density at radius 3 is 2.78 bits per heavy atom. The van der Waals surface area contributed by atoms with Crippen LogP contribution in [-0.4, -0.2) is 23.8 Å². The zero-order valence-corrected chi connectivity index (χ0v) is 10.3. The molecule has 0 aromatic heterocycles. The third-order valence-corrected chi connectivity index (χ3v) is 2.36. The van der Waals surface area contributed by atoms with Crippen LogP contribution in [0.15, 0.2) is 12.1 Å². The minimum absolute atomic E-state index is 0.0846. The van der Waals surface area contributed by atoms with Crippen LogP contribution in [0, 0.1) is 11.6 Å². The number of benzene rings is 1. The fourth-order valence-electron chi connectivity index (χ4n) is 1.34. The van der Waals surface area contributed by atoms with Gasteiger partial charge < -0.3 is 15.2 Å². The highest BCUT2D eigenvalue weighted by molar-refractivity contribution is 6.17. The summed E-state index contributed by atoms with van der Waals surface area (Å²) in [5.74, 6) is -1.88. The van der Waals surface area contributed by atoms with Crippen molar-refractivity contribution >= 4 is 17.7 Å². The Kier molecular flexibility index (Phi) is 5.15. The number of hydrogen-bond acceptors (Lipinski definition) is 2. The number of carbonyl (C=O) groups is 1. The van der Waals surface area contributed by atoms with Crippen molar-refractivity contribution < 1.29 is 23.4 Å². The second kappa shape index (κ2) is 6.39. The number of ether oxygens (including phenoxy) is 1. The van der Waals surface area contributed by atoms with Crippen LogP contribution in [0.5, 0.6) is 5.75 Å². The van der Waals surface area contributed by atoms with Crippen LogP contribution in [0.4, 0.5) is 13.6 Å². The minimum atomic E-state index is -1.21. The van der Waals surface area contributed by atoms with Gasteiger partial charge in [-0.1, -0.05) is 0 Å². The van der Waals surface area contributed by atoms with Gasteiger partial charge in [0, 0.05) is 11.6 Å². The van der Waals surface area contributed by atoms with Gasteiger partial charge in [0.25, 0.3) is 0 Å². The van der Waals surface area contributed by atoms with Crippen molar-refractivity contribution in [1.29, 1.82) is 0 Å². The summed E-state index contributed by atoms with van der Waals surface area (Å²) < 4.78 is 31.5. The maximum atomic E-state index is 13.5. The molecule has 0 aliphatic rings. The maximum absolute atomic E-state index is 13.5. The van der Waals surface area contributed by atoms with E-state index >= 15 is 0 Å². The summed E-state index contributed by atoms with van der Waals surface area (Å²) in [6, 6.07) is 1.22. The Bertz CT molecular complexity index is 443. The fraction of sp³-hybridized carbons (Fsp3) is 0.364. The van der Waals surface area contributed by atoms with Gasteiger partial charge in [0.2, 0.25) is 0 Å². The van der Waals surface area contributed by atoms with Gasteiger partial charge in [-0.15, -0.1) is 11.6 Å². The maximum Gasteiger partial charge on any atom is 0.404 e. The van der Waals surface area contributed by atoms with E-state index in [1.807, 2.05) is 0 Å². The molecular weight excluding hydrogens is 268 g/mol. The molecule has 0 aliphatic carbocycles. The van der Waals surface area contributed by atoms with Crippen LogP contribution in [0.25, 0.3) is 0 Å². The highest BCUT2D eigenvalue weighted by Crippen LogP contribution is 2.25. The minimum Gasteiger partial charge on any atom is -0.488 e. The van der Waals surface area contributed by atoms with Gasteiger partial charge in [-0.25, -0.2) is 13.6 Å². The average Bonchev–Trinajstić information content (AvgIpc) is 2.25. The van der Waals surface area contributed by atoms with Gasteiger partial charge >= 0.3 is 6.09 Å². The largest absolute Gasteiger partial charge is 0.488 e. The molecule has 4 nitrogen and oxygen atoms in total. The van der Waals surface area contributed by atoms with Crippen molar-refractivity contribution in [3.63, 3.8) is 0 Å². The summed E-state index contributed by atoms with van der Waals surface area (Å²) in [6.07, 6.45) is -1.21. The van der Waals surface area contributed by atoms with Crippen molar-refractivity contribution in [1.82, 2.24) is 5.32 Å². The predicted molar refractivity (Wildman–Crippen MR) is 62.0 cm³/mol. The molecular formula is C11H12ClF2NO3. The van der Waals surface area contributed by atoms with E-state index < -0.39 is 23.8 Å². The molecule has 100 valence electrons. The number of nitrogens with one attached hydrogen (secondary N) is 1. The summed E-state index contributed by atoms with van der Waals surface area (Å²) >= 11 is 5.55. The molecule has 0 saturated carbocycles. The first-order valence-electron chi connectivity index (χ1n) is 5.10. The molecule has 0 unspecified atom stereocenters. The molecule has 1 amide bonds. The molecule has 7 heteroatoms. The predicted octanol–water partition coefficient (Wildman–Crippen LogP) is 2.74. The van der Waals surface area contributed by atoms with Gasteiger partial charge in [0.1, 0.15) is 12.4 Å². The number of rotatable bonds is 5. The molecule has 2 N–H and O–H groups in total. The SMILES string of the molecule is C[C@H](COc1c(F)cc(F)cc1CCl)NC(=O)O. The summed E-state index contributed by atoms with van der Waals surface area (Å²) in [6.45, 7) is 1.47. The quantitative estimate of drug-likeness (QED) is 0.815. The Morgan fingerprint density at radius 2 is 2.22 bits per heavy atom. The number of halogens is 3. The second-order valence-corrected chi connectivity index (χ2v) is 3.94. The molecule has 1 rings (SSSR count). The molecule has 1 aromatic rings. The second-order valence-electron chi connectivity index (χ2n) is 3.67. The number of hydrogen-bond donors (Lipinski definition) is 2. The Hall–Kier alpha value is -1.56. The van der Waals surface area contributed by atoms with E-state index in [1.54, 1.807) is 6.92 Å². The summed E-state index contributed by atoms with van der Waals surface area (Å²) in [4.78, 5) is 10.3. The smallest absolute Gasteiger partial charge is 0.404 e. The Morgan fingerprint density at radius 1 is 1.56 bits per heavy atom. The molecule has 0 radical (unpaired) electrons. The van der Waals surface area contributed by atoms with Gasteiger partial charge in [0.15, 0.2) is 11.6 Å². The van der Waals surface area contributed by atoms with Crippen molar-refractivity contribution in [2.45, 2.75) is 18.8 Å². The third kappa shape index (κ3) is 4.03. The van der Waals surface area contributed by atoms with Crippen LogP contribution < -0.4 is 10.1 Å². The number of carboxylic acid groups (broad SMARTS) is 1. The standard InChI is InChI=1S/C11H12ClF2NO3/c1-6(15-11(16)17)5-18-10-7(4-12)2-8(13)3-9(10)14/h2-3,6,15H,4-5H2,1H3,(H,16,17)/t6-/m1/s1. The molecule has 0 bridgehead atoms. The lowest BCUT2D eigenvalue weighted by molar-refractivity contribution is 0.182. The molecule has 0 fully saturated rings. The van der Waals surface area contributed by atoms with Gasteiger partial charge in [-0.3, -0.25) is 0 Å². The van der Waals surface area contributed by atoms with Gasteiger partial charge in [0.05, 0.1) is 11.9 Å². The van der Waals surface area contributed by atoms with E-state index in [4.69, 9.17) is 21.4 Å². The summed E-state index contributed by atoms with van der Waals surface area (Å²) in [7, 11) is 0. The summed E-state index contributed by atoms with van der Waals surface area (Å²) in [5.41, 5.74) is 0.177. The molecule has 0 saturated heterocycles. The van der Waals surface area contributed by atoms with Crippen molar-refractivity contribution in [3.8, 4) is 5.75 Å². The zero-order chi connectivity index (χ0) is 13.7. The first kappa shape index (κ1) is 14.5. The van der Waals surface area contributed by atoms with E-state index in [0.29, 0.717) is 6.07 Å². The number of amides is 1. The van der Waals surface area contributed by atoms with Gasteiger partial charge in [-0.05, 0) is 13.0 Å². The fourth-order valence-corrected chi connectivity index (χ4v) is 1.53. The lowest BCUT2D eigenvalue weighted by atomic mass is 10.2.